The van der Waals surface area contributed by atoms with E-state index in [-0.39, 0.29) is 6.42 Å². The largest absolute Gasteiger partial charge is 0.467 e. The van der Waals surface area contributed by atoms with Gasteiger partial charge in [-0.05, 0) is 36.4 Å². The lowest BCUT2D eigenvalue weighted by Gasteiger charge is -2.16. The van der Waals surface area contributed by atoms with Crippen molar-refractivity contribution in [3.8, 4) is 11.8 Å². The van der Waals surface area contributed by atoms with Gasteiger partial charge in [0.1, 0.15) is 6.04 Å². The minimum Gasteiger partial charge on any atom is -0.467 e. The molecule has 0 aromatic heterocycles. The lowest BCUT2D eigenvalue weighted by Crippen LogP contribution is -2.45. The molecule has 0 bridgehead atoms. The summed E-state index contributed by atoms with van der Waals surface area (Å²) in [6.45, 7) is 0.656. The van der Waals surface area contributed by atoms with E-state index in [9.17, 15) is 14.4 Å². The summed E-state index contributed by atoms with van der Waals surface area (Å²) in [5.41, 5.74) is 1.98. The Bertz CT molecular complexity index is 914. The van der Waals surface area contributed by atoms with Crippen LogP contribution in [-0.4, -0.2) is 51.2 Å². The van der Waals surface area contributed by atoms with Gasteiger partial charge >= 0.3 is 5.97 Å². The number of benzene rings is 2. The number of ether oxygens (including phenoxy) is 2. The lowest BCUT2D eigenvalue weighted by atomic mass is 10.1. The second kappa shape index (κ2) is 12.0. The van der Waals surface area contributed by atoms with E-state index in [0.29, 0.717) is 18.7 Å². The van der Waals surface area contributed by atoms with E-state index in [2.05, 4.69) is 22.5 Å². The van der Waals surface area contributed by atoms with Crippen molar-refractivity contribution < 1.29 is 23.9 Å². The van der Waals surface area contributed by atoms with Gasteiger partial charge in [0.25, 0.3) is 5.91 Å². The molecule has 0 fully saturated rings. The first-order chi connectivity index (χ1) is 14.5. The fourth-order valence-corrected chi connectivity index (χ4v) is 2.50. The van der Waals surface area contributed by atoms with Gasteiger partial charge in [0.05, 0.1) is 20.1 Å². The van der Waals surface area contributed by atoms with E-state index in [1.54, 1.807) is 24.3 Å². The van der Waals surface area contributed by atoms with Crippen molar-refractivity contribution in [3.05, 3.63) is 71.3 Å². The fourth-order valence-electron chi connectivity index (χ4n) is 2.50. The molecule has 2 amide bonds. The summed E-state index contributed by atoms with van der Waals surface area (Å²) in [7, 11) is 2.71. The Kier molecular flexibility index (Phi) is 9.10. The highest BCUT2D eigenvalue weighted by atomic mass is 16.5. The van der Waals surface area contributed by atoms with Crippen molar-refractivity contribution in [2.45, 2.75) is 12.5 Å². The molecule has 2 aromatic rings. The highest BCUT2D eigenvalue weighted by molar-refractivity contribution is 5.98. The van der Waals surface area contributed by atoms with Crippen molar-refractivity contribution in [2.24, 2.45) is 0 Å². The van der Waals surface area contributed by atoms with E-state index in [1.165, 1.54) is 14.2 Å². The summed E-state index contributed by atoms with van der Waals surface area (Å²) in [5.74, 6) is 4.49. The van der Waals surface area contributed by atoms with Crippen molar-refractivity contribution in [2.75, 3.05) is 27.4 Å². The summed E-state index contributed by atoms with van der Waals surface area (Å²) < 4.78 is 9.55. The molecular formula is C23H24N2O5. The van der Waals surface area contributed by atoms with Gasteiger partial charge in [0.2, 0.25) is 5.91 Å². The summed E-state index contributed by atoms with van der Waals surface area (Å²) in [6.07, 6.45) is -0.233. The first kappa shape index (κ1) is 22.7. The van der Waals surface area contributed by atoms with Gasteiger partial charge in [0, 0.05) is 30.3 Å². The SMILES string of the molecule is COCCNC(=O)C[C@H](NC(=O)c1ccc(C#Cc2ccccc2)cc1)C(=O)OC. The van der Waals surface area contributed by atoms with Crippen LogP contribution in [0.15, 0.2) is 54.6 Å². The number of carbonyl (C=O) groups is 3. The molecule has 156 valence electrons. The van der Waals surface area contributed by atoms with E-state index in [1.807, 2.05) is 30.3 Å². The third-order valence-electron chi connectivity index (χ3n) is 4.08. The van der Waals surface area contributed by atoms with Crippen LogP contribution in [-0.2, 0) is 19.1 Å². The van der Waals surface area contributed by atoms with Gasteiger partial charge in [0.15, 0.2) is 0 Å². The van der Waals surface area contributed by atoms with Crippen LogP contribution in [0.5, 0.6) is 0 Å². The van der Waals surface area contributed by atoms with E-state index < -0.39 is 23.8 Å². The molecule has 0 aliphatic carbocycles. The van der Waals surface area contributed by atoms with E-state index in [4.69, 9.17) is 9.47 Å². The van der Waals surface area contributed by atoms with Crippen LogP contribution < -0.4 is 10.6 Å². The molecule has 2 rings (SSSR count). The Morgan fingerprint density at radius 3 is 2.17 bits per heavy atom. The summed E-state index contributed by atoms with van der Waals surface area (Å²) in [6, 6.07) is 15.1. The van der Waals surface area contributed by atoms with Crippen molar-refractivity contribution in [1.82, 2.24) is 10.6 Å². The lowest BCUT2D eigenvalue weighted by molar-refractivity contribution is -0.144. The summed E-state index contributed by atoms with van der Waals surface area (Å²) in [4.78, 5) is 36.4. The average Bonchev–Trinajstić information content (AvgIpc) is 2.78. The van der Waals surface area contributed by atoms with Gasteiger partial charge in [-0.3, -0.25) is 9.59 Å². The quantitative estimate of drug-likeness (QED) is 0.392. The minimum absolute atomic E-state index is 0.233. The third-order valence-corrected chi connectivity index (χ3v) is 4.08. The zero-order chi connectivity index (χ0) is 21.8. The zero-order valence-electron chi connectivity index (χ0n) is 16.9. The average molecular weight is 408 g/mol. The molecule has 0 unspecified atom stereocenters. The monoisotopic (exact) mass is 408 g/mol. The summed E-state index contributed by atoms with van der Waals surface area (Å²) >= 11 is 0. The zero-order valence-corrected chi connectivity index (χ0v) is 16.9. The number of amides is 2. The predicted molar refractivity (Wildman–Crippen MR) is 112 cm³/mol. The van der Waals surface area contributed by atoms with E-state index in [0.717, 1.165) is 11.1 Å². The molecule has 30 heavy (non-hydrogen) atoms. The van der Waals surface area contributed by atoms with Crippen LogP contribution in [0.4, 0.5) is 0 Å². The molecule has 7 nitrogen and oxygen atoms in total. The molecule has 1 atom stereocenters. The smallest absolute Gasteiger partial charge is 0.328 e. The van der Waals surface area contributed by atoms with Crippen LogP contribution in [0.2, 0.25) is 0 Å². The normalized spacial score (nSPS) is 10.9. The molecule has 0 heterocycles. The Morgan fingerprint density at radius 2 is 1.57 bits per heavy atom. The van der Waals surface area contributed by atoms with Crippen molar-refractivity contribution in [3.63, 3.8) is 0 Å². The molecule has 0 spiro atoms. The number of rotatable bonds is 8. The number of hydrogen-bond donors (Lipinski definition) is 2. The highest BCUT2D eigenvalue weighted by Crippen LogP contribution is 2.06. The highest BCUT2D eigenvalue weighted by Gasteiger charge is 2.25. The number of hydrogen-bond acceptors (Lipinski definition) is 5. The topological polar surface area (TPSA) is 93.7 Å². The Labute approximate surface area is 175 Å². The maximum Gasteiger partial charge on any atom is 0.328 e. The van der Waals surface area contributed by atoms with Gasteiger partial charge < -0.3 is 20.1 Å². The minimum atomic E-state index is -1.09. The first-order valence-electron chi connectivity index (χ1n) is 9.35. The second-order valence-corrected chi connectivity index (χ2v) is 6.29. The maximum absolute atomic E-state index is 12.5. The maximum atomic E-state index is 12.5. The number of nitrogens with one attached hydrogen (secondary N) is 2. The molecule has 0 aliphatic heterocycles. The molecular weight excluding hydrogens is 384 g/mol. The van der Waals surface area contributed by atoms with E-state index >= 15 is 0 Å². The summed E-state index contributed by atoms with van der Waals surface area (Å²) in [5, 5.41) is 5.14. The Hall–Kier alpha value is -3.63. The predicted octanol–water partition coefficient (Wildman–Crippen LogP) is 1.51. The van der Waals surface area contributed by atoms with Crippen LogP contribution in [0.3, 0.4) is 0 Å². The Balaban J connectivity index is 2.00. The number of carbonyl (C=O) groups excluding carboxylic acids is 3. The molecule has 2 aromatic carbocycles. The molecule has 0 saturated carbocycles. The van der Waals surface area contributed by atoms with Crippen molar-refractivity contribution >= 4 is 17.8 Å². The van der Waals surface area contributed by atoms with Gasteiger partial charge in [-0.1, -0.05) is 30.0 Å². The van der Waals surface area contributed by atoms with Gasteiger partial charge in [-0.25, -0.2) is 4.79 Å². The molecule has 7 heteroatoms. The van der Waals surface area contributed by atoms with Crippen LogP contribution in [0.25, 0.3) is 0 Å². The van der Waals surface area contributed by atoms with Crippen LogP contribution in [0.1, 0.15) is 27.9 Å². The molecule has 2 N–H and O–H groups in total. The standard InChI is InChI=1S/C23H24N2O5/c1-29-15-14-24-21(26)16-20(23(28)30-2)25-22(27)19-12-10-18(11-13-19)9-8-17-6-4-3-5-7-17/h3-7,10-13,20H,14-16H2,1-2H3,(H,24,26)(H,25,27)/t20-/m0/s1. The molecule has 0 radical (unpaired) electrons. The fraction of sp³-hybridized carbons (Fsp3) is 0.261. The van der Waals surface area contributed by atoms with Crippen LogP contribution in [0, 0.1) is 11.8 Å². The van der Waals surface area contributed by atoms with Gasteiger partial charge in [-0.15, -0.1) is 0 Å². The molecule has 0 aliphatic rings. The van der Waals surface area contributed by atoms with Gasteiger partial charge in [-0.2, -0.15) is 0 Å². The van der Waals surface area contributed by atoms with Crippen molar-refractivity contribution in [1.29, 1.82) is 0 Å². The first-order valence-corrected chi connectivity index (χ1v) is 9.35. The molecule has 0 saturated heterocycles. The number of esters is 1. The Morgan fingerprint density at radius 1 is 0.933 bits per heavy atom. The third kappa shape index (κ3) is 7.41. The number of methoxy groups -OCH3 is 2. The second-order valence-electron chi connectivity index (χ2n) is 6.29. The van der Waals surface area contributed by atoms with Crippen LogP contribution >= 0.6 is 0 Å².